The van der Waals surface area contributed by atoms with Gasteiger partial charge in [-0.05, 0) is 84.4 Å². The van der Waals surface area contributed by atoms with Gasteiger partial charge in [-0.3, -0.25) is 9.59 Å². The van der Waals surface area contributed by atoms with Crippen molar-refractivity contribution in [1.82, 2.24) is 4.57 Å². The minimum atomic E-state index is -0.183. The van der Waals surface area contributed by atoms with Gasteiger partial charge >= 0.3 is 5.97 Å². The van der Waals surface area contributed by atoms with Gasteiger partial charge in [0, 0.05) is 42.2 Å². The van der Waals surface area contributed by atoms with Crippen molar-refractivity contribution in [2.45, 2.75) is 86.2 Å². The molecule has 0 spiro atoms. The molecule has 0 saturated carbocycles. The van der Waals surface area contributed by atoms with Crippen LogP contribution >= 0.6 is 0 Å². The number of rotatable bonds is 16. The van der Waals surface area contributed by atoms with Crippen molar-refractivity contribution in [3.8, 4) is 0 Å². The van der Waals surface area contributed by atoms with E-state index in [9.17, 15) is 9.59 Å². The van der Waals surface area contributed by atoms with E-state index >= 15 is 0 Å². The van der Waals surface area contributed by atoms with E-state index in [0.717, 1.165) is 30.5 Å². The number of hydrogen-bond donors (Lipinski definition) is 1. The molecule has 3 aromatic carbocycles. The lowest BCUT2D eigenvalue weighted by atomic mass is 9.93. The lowest BCUT2D eigenvalue weighted by molar-refractivity contribution is -0.143. The molecule has 0 radical (unpaired) electrons. The van der Waals surface area contributed by atoms with Crippen molar-refractivity contribution in [3.05, 3.63) is 124 Å². The first-order valence-electron chi connectivity index (χ1n) is 16.6. The fourth-order valence-corrected chi connectivity index (χ4v) is 5.88. The minimum Gasteiger partial charge on any atom is -0.466 e. The monoisotopic (exact) mass is 606 g/mol. The molecule has 1 N–H and O–H groups in total. The third-order valence-electron chi connectivity index (χ3n) is 8.04. The summed E-state index contributed by atoms with van der Waals surface area (Å²) in [4.78, 5) is 25.6. The fourth-order valence-electron chi connectivity index (χ4n) is 5.88. The van der Waals surface area contributed by atoms with E-state index in [-0.39, 0.29) is 17.8 Å². The highest BCUT2D eigenvalue weighted by atomic mass is 16.5. The van der Waals surface area contributed by atoms with Crippen LogP contribution in [0.25, 0.3) is 0 Å². The highest BCUT2D eigenvalue weighted by Crippen LogP contribution is 2.29. The molecule has 0 aliphatic heterocycles. The van der Waals surface area contributed by atoms with Gasteiger partial charge in [0.1, 0.15) is 0 Å². The predicted octanol–water partition coefficient (Wildman–Crippen LogP) is 9.22. The van der Waals surface area contributed by atoms with Gasteiger partial charge < -0.3 is 14.6 Å². The van der Waals surface area contributed by atoms with Gasteiger partial charge in [-0.15, -0.1) is 0 Å². The molecular formula is C40H50N2O3. The van der Waals surface area contributed by atoms with Gasteiger partial charge in [0.05, 0.1) is 12.6 Å². The second-order valence-corrected chi connectivity index (χ2v) is 12.9. The van der Waals surface area contributed by atoms with Gasteiger partial charge in [0.25, 0.3) is 0 Å². The molecule has 0 unspecified atom stereocenters. The van der Waals surface area contributed by atoms with E-state index in [1.165, 1.54) is 22.3 Å². The zero-order valence-corrected chi connectivity index (χ0v) is 27.9. The Balaban J connectivity index is 1.58. The van der Waals surface area contributed by atoms with Crippen LogP contribution in [0.1, 0.15) is 104 Å². The molecule has 4 aromatic rings. The maximum absolute atomic E-state index is 13.8. The Morgan fingerprint density at radius 1 is 0.800 bits per heavy atom. The minimum absolute atomic E-state index is 0.00673. The van der Waals surface area contributed by atoms with Crippen molar-refractivity contribution in [2.24, 2.45) is 11.8 Å². The number of hydrogen-bond acceptors (Lipinski definition) is 4. The topological polar surface area (TPSA) is 60.3 Å². The average Bonchev–Trinajstić information content (AvgIpc) is 3.43. The van der Waals surface area contributed by atoms with Crippen molar-refractivity contribution >= 4 is 17.4 Å². The highest BCUT2D eigenvalue weighted by molar-refractivity contribution is 6.10. The Bertz CT molecular complexity index is 1480. The zero-order valence-electron chi connectivity index (χ0n) is 27.9. The van der Waals surface area contributed by atoms with Crippen LogP contribution < -0.4 is 5.32 Å². The largest absolute Gasteiger partial charge is 0.466 e. The Morgan fingerprint density at radius 3 is 1.93 bits per heavy atom. The molecule has 0 amide bonds. The van der Waals surface area contributed by atoms with Crippen LogP contribution in [0.4, 0.5) is 5.69 Å². The van der Waals surface area contributed by atoms with Gasteiger partial charge in [0.15, 0.2) is 5.78 Å². The summed E-state index contributed by atoms with van der Waals surface area (Å²) in [5, 5.41) is 3.76. The first-order chi connectivity index (χ1) is 21.7. The first-order valence-corrected chi connectivity index (χ1v) is 16.6. The molecule has 0 fully saturated rings. The van der Waals surface area contributed by atoms with Crippen LogP contribution in [0.3, 0.4) is 0 Å². The number of aryl methyl sites for hydroxylation is 2. The van der Waals surface area contributed by atoms with Crippen molar-refractivity contribution in [3.63, 3.8) is 0 Å². The number of esters is 1. The van der Waals surface area contributed by atoms with Crippen LogP contribution in [0.2, 0.25) is 0 Å². The molecule has 0 atom stereocenters. The molecule has 0 aliphatic carbocycles. The number of aromatic nitrogens is 1. The van der Waals surface area contributed by atoms with Gasteiger partial charge in [-0.1, -0.05) is 95.3 Å². The van der Waals surface area contributed by atoms with Gasteiger partial charge in [-0.2, -0.15) is 0 Å². The summed E-state index contributed by atoms with van der Waals surface area (Å²) >= 11 is 0. The molecule has 0 aliphatic rings. The summed E-state index contributed by atoms with van der Waals surface area (Å²) in [5.41, 5.74) is 8.32. The molecular weight excluding hydrogens is 556 g/mol. The summed E-state index contributed by atoms with van der Waals surface area (Å²) in [7, 11) is 0. The number of carbonyl (C=O) groups is 2. The van der Waals surface area contributed by atoms with E-state index in [2.05, 4.69) is 88.5 Å². The maximum atomic E-state index is 13.8. The Labute approximate surface area is 270 Å². The Morgan fingerprint density at radius 2 is 1.40 bits per heavy atom. The number of ketones is 1. The lowest BCUT2D eigenvalue weighted by Gasteiger charge is -2.22. The third kappa shape index (κ3) is 9.68. The molecule has 1 heterocycles. The van der Waals surface area contributed by atoms with Crippen LogP contribution in [0.5, 0.6) is 0 Å². The Kier molecular flexibility index (Phi) is 12.2. The van der Waals surface area contributed by atoms with Crippen molar-refractivity contribution in [1.29, 1.82) is 0 Å². The number of nitrogens with zero attached hydrogens (tertiary/aromatic N) is 1. The number of carbonyl (C=O) groups excluding carboxylic acids is 2. The normalized spacial score (nSPS) is 11.4. The van der Waals surface area contributed by atoms with Gasteiger partial charge in [-0.25, -0.2) is 0 Å². The lowest BCUT2D eigenvalue weighted by Crippen LogP contribution is -2.13. The second kappa shape index (κ2) is 16.3. The van der Waals surface area contributed by atoms with Crippen LogP contribution in [0.15, 0.2) is 85.2 Å². The summed E-state index contributed by atoms with van der Waals surface area (Å²) in [5.74, 6) is 1.03. The van der Waals surface area contributed by atoms with E-state index < -0.39 is 0 Å². The molecule has 1 aromatic heterocycles. The van der Waals surface area contributed by atoms with E-state index in [4.69, 9.17) is 4.74 Å². The molecule has 5 heteroatoms. The zero-order chi connectivity index (χ0) is 32.3. The van der Waals surface area contributed by atoms with Crippen LogP contribution in [0, 0.1) is 11.8 Å². The van der Waals surface area contributed by atoms with Crippen molar-refractivity contribution < 1.29 is 14.3 Å². The molecule has 0 saturated heterocycles. The number of nitrogens with one attached hydrogen (secondary N) is 1. The molecule has 4 rings (SSSR count). The predicted molar refractivity (Wildman–Crippen MR) is 185 cm³/mol. The SMILES string of the molecule is CCOC(=O)CCCn1cc(CC)c(C(=O)c2cccc(NC(c3ccc(CC(C)C)cc3)c3ccc(CC(C)C)cc3)c2)c1. The summed E-state index contributed by atoms with van der Waals surface area (Å²) in [6.07, 6.45) is 7.85. The van der Waals surface area contributed by atoms with E-state index in [0.29, 0.717) is 49.0 Å². The third-order valence-corrected chi connectivity index (χ3v) is 8.04. The van der Waals surface area contributed by atoms with Crippen LogP contribution in [-0.2, 0) is 35.3 Å². The summed E-state index contributed by atoms with van der Waals surface area (Å²) in [6.45, 7) is 13.9. The Hall–Kier alpha value is -4.12. The maximum Gasteiger partial charge on any atom is 0.305 e. The molecule has 0 bridgehead atoms. The highest BCUT2D eigenvalue weighted by Gasteiger charge is 2.19. The molecule has 238 valence electrons. The second-order valence-electron chi connectivity index (χ2n) is 12.9. The number of anilines is 1. The van der Waals surface area contributed by atoms with Crippen molar-refractivity contribution in [2.75, 3.05) is 11.9 Å². The van der Waals surface area contributed by atoms with Gasteiger partial charge in [0.2, 0.25) is 0 Å². The fraction of sp³-hybridized carbons (Fsp3) is 0.400. The van der Waals surface area contributed by atoms with Crippen LogP contribution in [-0.4, -0.2) is 22.9 Å². The quantitative estimate of drug-likeness (QED) is 0.102. The summed E-state index contributed by atoms with van der Waals surface area (Å²) in [6, 6.07) is 25.6. The average molecular weight is 607 g/mol. The van der Waals surface area contributed by atoms with E-state index in [1.54, 1.807) is 0 Å². The summed E-state index contributed by atoms with van der Waals surface area (Å²) < 4.78 is 7.07. The standard InChI is InChI=1S/C40H50N2O3/c1-7-32-26-42(22-10-13-38(43)45-8-2)27-37(32)40(44)35-11-9-12-36(25-35)41-39(33-18-14-30(15-19-33)23-28(3)4)34-20-16-31(17-21-34)24-29(5)6/h9,11-12,14-21,25-29,39,41H,7-8,10,13,22-24H2,1-6H3. The van der Waals surface area contributed by atoms with E-state index in [1.807, 2.05) is 48.1 Å². The smallest absolute Gasteiger partial charge is 0.305 e. The molecule has 5 nitrogen and oxygen atoms in total. The first kappa shape index (κ1) is 33.8. The molecule has 45 heavy (non-hydrogen) atoms. The number of ether oxygens (including phenoxy) is 1. The number of benzene rings is 3.